The molecule has 7 heteroatoms. The van der Waals surface area contributed by atoms with E-state index in [9.17, 15) is 18.0 Å². The van der Waals surface area contributed by atoms with Gasteiger partial charge in [0.2, 0.25) is 0 Å². The molecule has 0 atom stereocenters. The molecule has 0 N–H and O–H groups in total. The summed E-state index contributed by atoms with van der Waals surface area (Å²) in [7, 11) is 1.05. The van der Waals surface area contributed by atoms with E-state index in [1.807, 2.05) is 0 Å². The highest BCUT2D eigenvalue weighted by atomic mass is 79.9. The van der Waals surface area contributed by atoms with Crippen molar-refractivity contribution in [3.05, 3.63) is 27.7 Å². The normalized spacial score (nSPS) is 10.5. The van der Waals surface area contributed by atoms with E-state index in [-0.39, 0.29) is 4.47 Å². The molecule has 0 amide bonds. The molecule has 0 unspecified atom stereocenters. The van der Waals surface area contributed by atoms with Crippen LogP contribution in [-0.4, -0.2) is 18.1 Å². The van der Waals surface area contributed by atoms with Gasteiger partial charge in [-0.3, -0.25) is 0 Å². The average molecular weight is 284 g/mol. The van der Waals surface area contributed by atoms with Gasteiger partial charge in [0.25, 0.3) is 6.43 Å². The Balaban J connectivity index is 3.31. The molecule has 1 heterocycles. The van der Waals surface area contributed by atoms with Crippen molar-refractivity contribution in [2.45, 2.75) is 6.43 Å². The lowest BCUT2D eigenvalue weighted by Crippen LogP contribution is -2.09. The van der Waals surface area contributed by atoms with Crippen molar-refractivity contribution in [1.82, 2.24) is 4.98 Å². The summed E-state index contributed by atoms with van der Waals surface area (Å²) < 4.78 is 41.5. The van der Waals surface area contributed by atoms with Crippen LogP contribution in [0.3, 0.4) is 0 Å². The summed E-state index contributed by atoms with van der Waals surface area (Å²) in [5, 5.41) is 0. The number of alkyl halides is 2. The van der Waals surface area contributed by atoms with Crippen LogP contribution < -0.4 is 0 Å². The number of aromatic nitrogens is 1. The third kappa shape index (κ3) is 2.47. The Hall–Kier alpha value is -1.11. The summed E-state index contributed by atoms with van der Waals surface area (Å²) in [6.45, 7) is 0. The number of ether oxygens (including phenoxy) is 1. The van der Waals surface area contributed by atoms with Gasteiger partial charge in [-0.25, -0.2) is 22.9 Å². The molecule has 1 aromatic heterocycles. The van der Waals surface area contributed by atoms with Crippen LogP contribution in [0.4, 0.5) is 13.2 Å². The first kappa shape index (κ1) is 12.0. The van der Waals surface area contributed by atoms with Gasteiger partial charge in [-0.15, -0.1) is 0 Å². The van der Waals surface area contributed by atoms with Crippen molar-refractivity contribution < 1.29 is 22.7 Å². The smallest absolute Gasteiger partial charge is 0.357 e. The van der Waals surface area contributed by atoms with E-state index in [4.69, 9.17) is 0 Å². The number of pyridine rings is 1. The molecular weight excluding hydrogens is 279 g/mol. The minimum Gasteiger partial charge on any atom is -0.464 e. The van der Waals surface area contributed by atoms with Crippen molar-refractivity contribution in [3.8, 4) is 0 Å². The molecule has 3 nitrogen and oxygen atoms in total. The summed E-state index contributed by atoms with van der Waals surface area (Å²) in [4.78, 5) is 14.3. The Kier molecular flexibility index (Phi) is 3.67. The molecule has 1 rings (SSSR count). The standard InChI is InChI=1S/C8H5BrF3NO2/c1-15-8(14)6-5(9)3(10)2-4(13-6)7(11)12/h2,7H,1H3. The Morgan fingerprint density at radius 3 is 2.67 bits per heavy atom. The Labute approximate surface area is 91.4 Å². The zero-order valence-corrected chi connectivity index (χ0v) is 9.02. The van der Waals surface area contributed by atoms with Crippen LogP contribution in [-0.2, 0) is 4.74 Å². The van der Waals surface area contributed by atoms with Crippen LogP contribution in [0.25, 0.3) is 0 Å². The Morgan fingerprint density at radius 1 is 1.60 bits per heavy atom. The van der Waals surface area contributed by atoms with E-state index in [0.717, 1.165) is 7.11 Å². The molecule has 0 spiro atoms. The van der Waals surface area contributed by atoms with E-state index in [1.54, 1.807) is 0 Å². The number of hydrogen-bond donors (Lipinski definition) is 0. The van der Waals surface area contributed by atoms with E-state index in [0.29, 0.717) is 6.07 Å². The number of nitrogens with zero attached hydrogens (tertiary/aromatic N) is 1. The second-order valence-electron chi connectivity index (χ2n) is 2.48. The van der Waals surface area contributed by atoms with E-state index < -0.39 is 29.6 Å². The maximum absolute atomic E-state index is 13.1. The molecule has 0 aliphatic rings. The molecule has 0 aromatic carbocycles. The first-order valence-corrected chi connectivity index (χ1v) is 4.49. The van der Waals surface area contributed by atoms with Gasteiger partial charge in [0, 0.05) is 6.07 Å². The monoisotopic (exact) mass is 283 g/mol. The second-order valence-corrected chi connectivity index (χ2v) is 3.28. The van der Waals surface area contributed by atoms with Crippen molar-refractivity contribution in [2.24, 2.45) is 0 Å². The molecule has 1 aromatic rings. The quantitative estimate of drug-likeness (QED) is 0.784. The minimum atomic E-state index is -2.95. The number of hydrogen-bond acceptors (Lipinski definition) is 3. The Bertz CT molecular complexity index is 398. The molecule has 0 saturated heterocycles. The zero-order valence-electron chi connectivity index (χ0n) is 7.43. The van der Waals surface area contributed by atoms with Crippen LogP contribution in [0.5, 0.6) is 0 Å². The summed E-state index contributed by atoms with van der Waals surface area (Å²) >= 11 is 2.72. The third-order valence-corrected chi connectivity index (χ3v) is 2.29. The first-order valence-electron chi connectivity index (χ1n) is 3.69. The van der Waals surface area contributed by atoms with Crippen LogP contribution in [0.15, 0.2) is 10.5 Å². The molecule has 0 aliphatic heterocycles. The second kappa shape index (κ2) is 4.61. The van der Waals surface area contributed by atoms with Gasteiger partial charge in [0.05, 0.1) is 11.6 Å². The zero-order chi connectivity index (χ0) is 11.6. The van der Waals surface area contributed by atoms with Crippen LogP contribution in [0.2, 0.25) is 0 Å². The predicted molar refractivity (Wildman–Crippen MR) is 48.2 cm³/mol. The lowest BCUT2D eigenvalue weighted by atomic mass is 10.3. The van der Waals surface area contributed by atoms with Crippen molar-refractivity contribution in [1.29, 1.82) is 0 Å². The summed E-state index contributed by atoms with van der Waals surface area (Å²) in [5.74, 6) is -1.97. The first-order chi connectivity index (χ1) is 6.97. The fourth-order valence-electron chi connectivity index (χ4n) is 0.860. The molecule has 0 fully saturated rings. The van der Waals surface area contributed by atoms with E-state index in [1.165, 1.54) is 0 Å². The fourth-order valence-corrected chi connectivity index (χ4v) is 1.23. The van der Waals surface area contributed by atoms with Gasteiger partial charge >= 0.3 is 5.97 Å². The molecule has 82 valence electrons. The molecule has 0 radical (unpaired) electrons. The summed E-state index contributed by atoms with van der Waals surface area (Å²) in [6.07, 6.45) is -2.95. The number of halogens is 4. The Morgan fingerprint density at radius 2 is 2.20 bits per heavy atom. The third-order valence-electron chi connectivity index (χ3n) is 1.54. The van der Waals surface area contributed by atoms with Crippen molar-refractivity contribution in [3.63, 3.8) is 0 Å². The topological polar surface area (TPSA) is 39.2 Å². The fraction of sp³-hybridized carbons (Fsp3) is 0.250. The highest BCUT2D eigenvalue weighted by Crippen LogP contribution is 2.25. The average Bonchev–Trinajstić information content (AvgIpc) is 2.20. The maximum Gasteiger partial charge on any atom is 0.357 e. The number of esters is 1. The summed E-state index contributed by atoms with van der Waals surface area (Å²) in [5.41, 5.74) is -1.32. The molecule has 0 aliphatic carbocycles. The highest BCUT2D eigenvalue weighted by molar-refractivity contribution is 9.10. The summed E-state index contributed by atoms with van der Waals surface area (Å²) in [6, 6.07) is 0.557. The number of carbonyl (C=O) groups excluding carboxylic acids is 1. The maximum atomic E-state index is 13.1. The van der Waals surface area contributed by atoms with Gasteiger partial charge < -0.3 is 4.74 Å². The highest BCUT2D eigenvalue weighted by Gasteiger charge is 2.21. The van der Waals surface area contributed by atoms with Crippen LogP contribution in [0, 0.1) is 5.82 Å². The minimum absolute atomic E-state index is 0.293. The van der Waals surface area contributed by atoms with Gasteiger partial charge in [-0.2, -0.15) is 0 Å². The SMILES string of the molecule is COC(=O)c1nc(C(F)F)cc(F)c1Br. The predicted octanol–water partition coefficient (Wildman–Crippen LogP) is 2.71. The van der Waals surface area contributed by atoms with E-state index >= 15 is 0 Å². The number of carbonyl (C=O) groups is 1. The largest absolute Gasteiger partial charge is 0.464 e. The van der Waals surface area contributed by atoms with Gasteiger partial charge in [-0.1, -0.05) is 0 Å². The number of rotatable bonds is 2. The molecule has 0 bridgehead atoms. The molecule has 0 saturated carbocycles. The van der Waals surface area contributed by atoms with Crippen molar-refractivity contribution in [2.75, 3.05) is 7.11 Å². The van der Waals surface area contributed by atoms with Crippen molar-refractivity contribution >= 4 is 21.9 Å². The van der Waals surface area contributed by atoms with Gasteiger partial charge in [0.15, 0.2) is 5.69 Å². The number of methoxy groups -OCH3 is 1. The lowest BCUT2D eigenvalue weighted by Gasteiger charge is -2.05. The van der Waals surface area contributed by atoms with Gasteiger partial charge in [0.1, 0.15) is 11.5 Å². The molecular formula is C8H5BrF3NO2. The van der Waals surface area contributed by atoms with Gasteiger partial charge in [-0.05, 0) is 15.9 Å². The lowest BCUT2D eigenvalue weighted by molar-refractivity contribution is 0.0590. The van der Waals surface area contributed by atoms with E-state index in [2.05, 4.69) is 25.7 Å². The van der Waals surface area contributed by atoms with Crippen LogP contribution >= 0.6 is 15.9 Å². The van der Waals surface area contributed by atoms with Crippen LogP contribution in [0.1, 0.15) is 22.6 Å². The molecule has 15 heavy (non-hydrogen) atoms.